The average molecular weight is 381 g/mol. The van der Waals surface area contributed by atoms with Crippen molar-refractivity contribution in [3.63, 3.8) is 0 Å². The first-order valence-electron chi connectivity index (χ1n) is 9.68. The fraction of sp³-hybridized carbons (Fsp3) is 0.417. The molecular weight excluding hydrogens is 348 g/mol. The summed E-state index contributed by atoms with van der Waals surface area (Å²) in [5, 5.41) is 2.77. The molecule has 4 heteroatoms. The largest absolute Gasteiger partial charge is 0.368 e. The summed E-state index contributed by atoms with van der Waals surface area (Å²) in [5.41, 5.74) is 9.46. The maximum Gasteiger partial charge on any atom is 0.251 e. The highest BCUT2D eigenvalue weighted by molar-refractivity contribution is 5.97. The van der Waals surface area contributed by atoms with Crippen molar-refractivity contribution in [1.29, 1.82) is 0 Å². The number of primary amides is 1. The normalized spacial score (nSPS) is 13.1. The van der Waals surface area contributed by atoms with Crippen LogP contribution in [-0.4, -0.2) is 17.9 Å². The number of hydrogen-bond acceptors (Lipinski definition) is 2. The third-order valence-corrected chi connectivity index (χ3v) is 4.92. The van der Waals surface area contributed by atoms with E-state index in [1.165, 1.54) is 5.56 Å². The van der Waals surface area contributed by atoms with E-state index in [-0.39, 0.29) is 16.7 Å². The van der Waals surface area contributed by atoms with Gasteiger partial charge in [-0.15, -0.1) is 0 Å². The quantitative estimate of drug-likeness (QED) is 0.819. The van der Waals surface area contributed by atoms with E-state index in [9.17, 15) is 9.59 Å². The highest BCUT2D eigenvalue weighted by Crippen LogP contribution is 2.23. The first kappa shape index (κ1) is 21.7. The molecule has 3 N–H and O–H groups in total. The molecule has 2 amide bonds. The lowest BCUT2D eigenvalue weighted by Gasteiger charge is -2.21. The van der Waals surface area contributed by atoms with Gasteiger partial charge >= 0.3 is 0 Å². The van der Waals surface area contributed by atoms with Crippen LogP contribution in [0.4, 0.5) is 0 Å². The predicted molar refractivity (Wildman–Crippen MR) is 114 cm³/mol. The highest BCUT2D eigenvalue weighted by atomic mass is 16.2. The molecule has 0 saturated heterocycles. The van der Waals surface area contributed by atoms with Crippen LogP contribution in [0.3, 0.4) is 0 Å². The number of amides is 2. The summed E-state index contributed by atoms with van der Waals surface area (Å²) < 4.78 is 0. The second-order valence-corrected chi connectivity index (χ2v) is 9.41. The van der Waals surface area contributed by atoms with Crippen LogP contribution >= 0.6 is 0 Å². The van der Waals surface area contributed by atoms with E-state index in [1.54, 1.807) is 12.1 Å². The first-order chi connectivity index (χ1) is 12.9. The van der Waals surface area contributed by atoms with Gasteiger partial charge in [0, 0.05) is 12.0 Å². The van der Waals surface area contributed by atoms with Gasteiger partial charge in [0.1, 0.15) is 6.04 Å². The lowest BCUT2D eigenvalue weighted by molar-refractivity contribution is -0.119. The highest BCUT2D eigenvalue weighted by Gasteiger charge is 2.21. The Morgan fingerprint density at radius 3 is 1.64 bits per heavy atom. The van der Waals surface area contributed by atoms with E-state index in [2.05, 4.69) is 59.0 Å². The summed E-state index contributed by atoms with van der Waals surface area (Å²) >= 11 is 0. The fourth-order valence-corrected chi connectivity index (χ4v) is 2.96. The molecular formula is C24H32N2O2. The molecule has 0 heterocycles. The lowest BCUT2D eigenvalue weighted by Crippen LogP contribution is -2.45. The first-order valence-corrected chi connectivity index (χ1v) is 9.68. The van der Waals surface area contributed by atoms with Gasteiger partial charge in [0.15, 0.2) is 0 Å². The number of nitrogens with one attached hydrogen (secondary N) is 1. The number of benzene rings is 2. The van der Waals surface area contributed by atoms with Crippen molar-refractivity contribution in [3.8, 4) is 0 Å². The molecule has 0 unspecified atom stereocenters. The molecule has 4 nitrogen and oxygen atoms in total. The van der Waals surface area contributed by atoms with Gasteiger partial charge < -0.3 is 11.1 Å². The lowest BCUT2D eigenvalue weighted by atomic mass is 9.86. The molecule has 0 aliphatic heterocycles. The number of rotatable bonds is 5. The average Bonchev–Trinajstić information content (AvgIpc) is 2.60. The molecule has 0 bridgehead atoms. The van der Waals surface area contributed by atoms with Gasteiger partial charge in [-0.3, -0.25) is 9.59 Å². The molecule has 1 atom stereocenters. The van der Waals surface area contributed by atoms with Gasteiger partial charge in [-0.1, -0.05) is 77.9 Å². The van der Waals surface area contributed by atoms with Crippen molar-refractivity contribution in [1.82, 2.24) is 5.32 Å². The van der Waals surface area contributed by atoms with E-state index in [0.29, 0.717) is 12.0 Å². The molecule has 2 aromatic carbocycles. The molecule has 0 radical (unpaired) electrons. The van der Waals surface area contributed by atoms with Crippen LogP contribution in [0.2, 0.25) is 0 Å². The minimum absolute atomic E-state index is 0.0178. The summed E-state index contributed by atoms with van der Waals surface area (Å²) in [6, 6.07) is 14.8. The zero-order valence-corrected chi connectivity index (χ0v) is 17.8. The van der Waals surface area contributed by atoms with Gasteiger partial charge in [0.2, 0.25) is 5.91 Å². The third-order valence-electron chi connectivity index (χ3n) is 4.92. The van der Waals surface area contributed by atoms with Crippen molar-refractivity contribution in [2.75, 3.05) is 0 Å². The molecule has 2 aromatic rings. The van der Waals surface area contributed by atoms with Crippen molar-refractivity contribution in [2.45, 2.75) is 64.8 Å². The topological polar surface area (TPSA) is 72.2 Å². The van der Waals surface area contributed by atoms with Crippen LogP contribution in [0.25, 0.3) is 0 Å². The minimum atomic E-state index is -0.754. The molecule has 0 aromatic heterocycles. The SMILES string of the molecule is CC(C)(C)c1ccc(C[C@@H](NC(=O)c2ccc(C(C)(C)C)cc2)C(N)=O)cc1. The number of carbonyl (C=O) groups excluding carboxylic acids is 2. The monoisotopic (exact) mass is 380 g/mol. The maximum absolute atomic E-state index is 12.6. The molecule has 0 fully saturated rings. The molecule has 150 valence electrons. The van der Waals surface area contributed by atoms with Gasteiger partial charge in [0.25, 0.3) is 5.91 Å². The smallest absolute Gasteiger partial charge is 0.251 e. The van der Waals surface area contributed by atoms with E-state index in [4.69, 9.17) is 5.73 Å². The third kappa shape index (κ3) is 5.69. The summed E-state index contributed by atoms with van der Waals surface area (Å²) in [7, 11) is 0. The van der Waals surface area contributed by atoms with Gasteiger partial charge in [-0.05, 0) is 39.7 Å². The van der Waals surface area contributed by atoms with E-state index in [1.807, 2.05) is 24.3 Å². The van der Waals surface area contributed by atoms with Crippen LogP contribution in [0.15, 0.2) is 48.5 Å². The maximum atomic E-state index is 12.6. The van der Waals surface area contributed by atoms with Gasteiger partial charge in [-0.25, -0.2) is 0 Å². The van der Waals surface area contributed by atoms with Crippen molar-refractivity contribution < 1.29 is 9.59 Å². The summed E-state index contributed by atoms with van der Waals surface area (Å²) in [4.78, 5) is 24.5. The summed E-state index contributed by atoms with van der Waals surface area (Å²) in [6.45, 7) is 12.8. The van der Waals surface area contributed by atoms with Crippen molar-refractivity contribution in [2.24, 2.45) is 5.73 Å². The Morgan fingerprint density at radius 1 is 0.821 bits per heavy atom. The number of nitrogens with two attached hydrogens (primary N) is 1. The Kier molecular flexibility index (Phi) is 6.33. The molecule has 0 aliphatic carbocycles. The molecule has 28 heavy (non-hydrogen) atoms. The Hall–Kier alpha value is -2.62. The predicted octanol–water partition coefficient (Wildman–Crippen LogP) is 4.11. The second kappa shape index (κ2) is 8.17. The Labute approximate surface area is 168 Å². The zero-order valence-electron chi connectivity index (χ0n) is 17.8. The van der Waals surface area contributed by atoms with E-state index >= 15 is 0 Å². The Bertz CT molecular complexity index is 823. The van der Waals surface area contributed by atoms with Gasteiger partial charge in [0.05, 0.1) is 0 Å². The van der Waals surface area contributed by atoms with E-state index < -0.39 is 11.9 Å². The van der Waals surface area contributed by atoms with Crippen LogP contribution in [-0.2, 0) is 22.0 Å². The Morgan fingerprint density at radius 2 is 1.25 bits per heavy atom. The van der Waals surface area contributed by atoms with Crippen molar-refractivity contribution in [3.05, 3.63) is 70.8 Å². The Balaban J connectivity index is 2.10. The van der Waals surface area contributed by atoms with E-state index in [0.717, 1.165) is 11.1 Å². The second-order valence-electron chi connectivity index (χ2n) is 9.41. The number of hydrogen-bond donors (Lipinski definition) is 2. The standard InChI is InChI=1S/C24H32N2O2/c1-23(2,3)18-11-7-16(8-12-18)15-20(21(25)27)26-22(28)17-9-13-19(14-10-17)24(4,5)6/h7-14,20H,15H2,1-6H3,(H2,25,27)(H,26,28)/t20-/m1/s1. The minimum Gasteiger partial charge on any atom is -0.368 e. The van der Waals surface area contributed by atoms with Crippen LogP contribution in [0.1, 0.15) is 68.6 Å². The fourth-order valence-electron chi connectivity index (χ4n) is 2.96. The molecule has 2 rings (SSSR count). The molecule has 0 spiro atoms. The van der Waals surface area contributed by atoms with Crippen LogP contribution in [0, 0.1) is 0 Å². The summed E-state index contributed by atoms with van der Waals surface area (Å²) in [6.07, 6.45) is 0.367. The molecule has 0 aliphatic rings. The van der Waals surface area contributed by atoms with Crippen LogP contribution < -0.4 is 11.1 Å². The number of carbonyl (C=O) groups is 2. The van der Waals surface area contributed by atoms with Gasteiger partial charge in [-0.2, -0.15) is 0 Å². The van der Waals surface area contributed by atoms with Crippen molar-refractivity contribution >= 4 is 11.8 Å². The zero-order chi connectivity index (χ0) is 21.1. The summed E-state index contributed by atoms with van der Waals surface area (Å²) in [5.74, 6) is -0.838. The van der Waals surface area contributed by atoms with Crippen LogP contribution in [0.5, 0.6) is 0 Å². The molecule has 0 saturated carbocycles.